The van der Waals surface area contributed by atoms with Gasteiger partial charge in [-0.3, -0.25) is 9.48 Å². The Morgan fingerprint density at radius 3 is 2.67 bits per heavy atom. The number of rotatable bonds is 4. The van der Waals surface area contributed by atoms with Crippen molar-refractivity contribution in [1.29, 1.82) is 0 Å². The number of aryl methyl sites for hydroxylation is 2. The summed E-state index contributed by atoms with van der Waals surface area (Å²) < 4.78 is 6.71. The van der Waals surface area contributed by atoms with Gasteiger partial charge >= 0.3 is 0 Å². The first-order valence-electron chi connectivity index (χ1n) is 6.09. The molecule has 1 aromatic heterocycles. The van der Waals surface area contributed by atoms with Crippen molar-refractivity contribution in [3.63, 3.8) is 0 Å². The first kappa shape index (κ1) is 12.9. The number of nitrogens with one attached hydrogen (secondary N) is 1. The molecule has 1 amide bonds. The van der Waals surface area contributed by atoms with Gasteiger partial charge in [0.15, 0.2) is 0 Å². The van der Waals surface area contributed by atoms with Gasteiger partial charge in [0.1, 0.15) is 11.4 Å². The Hall–Kier alpha value is -1.56. The van der Waals surface area contributed by atoms with Crippen molar-refractivity contribution in [2.75, 3.05) is 19.5 Å². The minimum atomic E-state index is -0.222. The zero-order valence-corrected chi connectivity index (χ0v) is 11.1. The summed E-state index contributed by atoms with van der Waals surface area (Å²) in [5, 5.41) is 7.20. The molecule has 1 heterocycles. The van der Waals surface area contributed by atoms with Gasteiger partial charge in [-0.2, -0.15) is 5.10 Å². The van der Waals surface area contributed by atoms with Crippen molar-refractivity contribution in [3.8, 4) is 0 Å². The highest BCUT2D eigenvalue weighted by atomic mass is 16.5. The fraction of sp³-hybridized carbons (Fsp3) is 0.667. The highest BCUT2D eigenvalue weighted by molar-refractivity contribution is 6.00. The van der Waals surface area contributed by atoms with Crippen LogP contribution in [0.25, 0.3) is 0 Å². The maximum atomic E-state index is 12.3. The molecular formula is C12H20N4O2. The molecule has 0 aromatic carbocycles. The van der Waals surface area contributed by atoms with Crippen molar-refractivity contribution in [3.05, 3.63) is 11.3 Å². The quantitative estimate of drug-likeness (QED) is 0.822. The van der Waals surface area contributed by atoms with Crippen LogP contribution in [0.3, 0.4) is 0 Å². The van der Waals surface area contributed by atoms with E-state index in [1.54, 1.807) is 21.1 Å². The van der Waals surface area contributed by atoms with E-state index in [0.717, 1.165) is 19.3 Å². The lowest BCUT2D eigenvalue weighted by Gasteiger charge is -2.41. The van der Waals surface area contributed by atoms with Crippen molar-refractivity contribution in [2.45, 2.75) is 31.7 Å². The molecule has 100 valence electrons. The molecule has 18 heavy (non-hydrogen) atoms. The average molecular weight is 252 g/mol. The van der Waals surface area contributed by atoms with Crippen LogP contribution >= 0.6 is 0 Å². The Morgan fingerprint density at radius 2 is 2.28 bits per heavy atom. The van der Waals surface area contributed by atoms with Gasteiger partial charge in [-0.05, 0) is 26.2 Å². The number of anilines is 1. The maximum absolute atomic E-state index is 12.3. The van der Waals surface area contributed by atoms with E-state index in [1.165, 1.54) is 4.68 Å². The van der Waals surface area contributed by atoms with E-state index in [2.05, 4.69) is 10.4 Å². The minimum absolute atomic E-state index is 0.158. The molecule has 0 radical (unpaired) electrons. The van der Waals surface area contributed by atoms with Crippen molar-refractivity contribution < 1.29 is 9.53 Å². The normalized spacial score (nSPS) is 17.3. The Labute approximate surface area is 106 Å². The van der Waals surface area contributed by atoms with E-state index in [9.17, 15) is 4.79 Å². The van der Waals surface area contributed by atoms with Gasteiger partial charge in [-0.25, -0.2) is 0 Å². The summed E-state index contributed by atoms with van der Waals surface area (Å²) in [6, 6.07) is 0. The fourth-order valence-corrected chi connectivity index (χ4v) is 2.45. The summed E-state index contributed by atoms with van der Waals surface area (Å²) in [6.07, 6.45) is 3.02. The van der Waals surface area contributed by atoms with Gasteiger partial charge in [-0.15, -0.1) is 0 Å². The number of hydrogen-bond donors (Lipinski definition) is 2. The Kier molecular flexibility index (Phi) is 3.30. The number of nitrogens with zero attached hydrogens (tertiary/aromatic N) is 2. The number of ether oxygens (including phenoxy) is 1. The molecule has 1 fully saturated rings. The largest absolute Gasteiger partial charge is 0.383 e. The van der Waals surface area contributed by atoms with Crippen LogP contribution in [0.4, 0.5) is 5.82 Å². The minimum Gasteiger partial charge on any atom is -0.383 e. The lowest BCUT2D eigenvalue weighted by molar-refractivity contribution is 0.0477. The van der Waals surface area contributed by atoms with Crippen LogP contribution in [0.15, 0.2) is 0 Å². The predicted molar refractivity (Wildman–Crippen MR) is 68.3 cm³/mol. The molecule has 0 aliphatic heterocycles. The smallest absolute Gasteiger partial charge is 0.257 e. The third-order valence-electron chi connectivity index (χ3n) is 3.60. The molecule has 1 aliphatic carbocycles. The molecule has 0 saturated heterocycles. The lowest BCUT2D eigenvalue weighted by atomic mass is 9.77. The summed E-state index contributed by atoms with van der Waals surface area (Å²) in [4.78, 5) is 12.3. The zero-order chi connectivity index (χ0) is 13.3. The maximum Gasteiger partial charge on any atom is 0.257 e. The summed E-state index contributed by atoms with van der Waals surface area (Å²) in [5.41, 5.74) is 6.77. The molecule has 1 saturated carbocycles. The zero-order valence-electron chi connectivity index (χ0n) is 11.1. The Balaban J connectivity index is 2.16. The number of amides is 1. The van der Waals surface area contributed by atoms with Crippen LogP contribution in [-0.4, -0.2) is 34.9 Å². The van der Waals surface area contributed by atoms with E-state index in [4.69, 9.17) is 10.5 Å². The highest BCUT2D eigenvalue weighted by Crippen LogP contribution is 2.32. The first-order valence-corrected chi connectivity index (χ1v) is 6.09. The molecule has 0 spiro atoms. The predicted octanol–water partition coefficient (Wildman–Crippen LogP) is 0.610. The Bertz CT molecular complexity index is 463. The van der Waals surface area contributed by atoms with E-state index < -0.39 is 0 Å². The number of carbonyl (C=O) groups is 1. The standard InChI is InChI=1S/C12H20N4O2/c1-8-9(10(13)16(2)15-8)11(17)14-12(7-18-3)5-4-6-12/h4-7,13H2,1-3H3,(H,14,17). The summed E-state index contributed by atoms with van der Waals surface area (Å²) in [7, 11) is 3.38. The summed E-state index contributed by atoms with van der Waals surface area (Å²) >= 11 is 0. The second-order valence-corrected chi connectivity index (χ2v) is 4.99. The third-order valence-corrected chi connectivity index (χ3v) is 3.60. The summed E-state index contributed by atoms with van der Waals surface area (Å²) in [6.45, 7) is 2.33. The van der Waals surface area contributed by atoms with E-state index in [-0.39, 0.29) is 11.4 Å². The van der Waals surface area contributed by atoms with Gasteiger partial charge in [0, 0.05) is 14.2 Å². The van der Waals surface area contributed by atoms with Crippen molar-refractivity contribution >= 4 is 11.7 Å². The SMILES string of the molecule is COCC1(NC(=O)c2c(C)nn(C)c2N)CCC1. The first-order chi connectivity index (χ1) is 8.49. The average Bonchev–Trinajstić information content (AvgIpc) is 2.50. The second kappa shape index (κ2) is 4.61. The molecule has 6 heteroatoms. The second-order valence-electron chi connectivity index (χ2n) is 4.99. The molecule has 0 atom stereocenters. The van der Waals surface area contributed by atoms with Gasteiger partial charge in [-0.1, -0.05) is 0 Å². The number of hydrogen-bond acceptors (Lipinski definition) is 4. The topological polar surface area (TPSA) is 82.2 Å². The van der Waals surface area contributed by atoms with Crippen LogP contribution in [0.2, 0.25) is 0 Å². The molecular weight excluding hydrogens is 232 g/mol. The van der Waals surface area contributed by atoms with E-state index in [0.29, 0.717) is 23.7 Å². The van der Waals surface area contributed by atoms with Crippen LogP contribution in [0.5, 0.6) is 0 Å². The van der Waals surface area contributed by atoms with Crippen LogP contribution in [0.1, 0.15) is 35.3 Å². The number of aromatic nitrogens is 2. The van der Waals surface area contributed by atoms with Crippen LogP contribution in [0, 0.1) is 6.92 Å². The molecule has 3 N–H and O–H groups in total. The molecule has 6 nitrogen and oxygen atoms in total. The molecule has 2 rings (SSSR count). The number of nitrogen functional groups attached to an aromatic ring is 1. The lowest BCUT2D eigenvalue weighted by Crippen LogP contribution is -2.56. The molecule has 1 aliphatic rings. The van der Waals surface area contributed by atoms with Gasteiger partial charge in [0.2, 0.25) is 0 Å². The number of nitrogens with two attached hydrogens (primary N) is 1. The fourth-order valence-electron chi connectivity index (χ4n) is 2.45. The number of carbonyl (C=O) groups excluding carboxylic acids is 1. The molecule has 1 aromatic rings. The Morgan fingerprint density at radius 1 is 1.61 bits per heavy atom. The van der Waals surface area contributed by atoms with Crippen LogP contribution in [-0.2, 0) is 11.8 Å². The van der Waals surface area contributed by atoms with Crippen LogP contribution < -0.4 is 11.1 Å². The van der Waals surface area contributed by atoms with Crippen molar-refractivity contribution in [2.24, 2.45) is 7.05 Å². The van der Waals surface area contributed by atoms with Crippen molar-refractivity contribution in [1.82, 2.24) is 15.1 Å². The van der Waals surface area contributed by atoms with E-state index in [1.807, 2.05) is 0 Å². The third kappa shape index (κ3) is 2.08. The van der Waals surface area contributed by atoms with Gasteiger partial charge in [0.25, 0.3) is 5.91 Å². The molecule has 0 unspecified atom stereocenters. The van der Waals surface area contributed by atoms with Gasteiger partial charge in [0.05, 0.1) is 17.8 Å². The van der Waals surface area contributed by atoms with E-state index >= 15 is 0 Å². The summed E-state index contributed by atoms with van der Waals surface area (Å²) in [5.74, 6) is 0.242. The monoisotopic (exact) mass is 252 g/mol. The van der Waals surface area contributed by atoms with Gasteiger partial charge < -0.3 is 15.8 Å². The highest BCUT2D eigenvalue weighted by Gasteiger charge is 2.39. The number of methoxy groups -OCH3 is 1. The molecule has 0 bridgehead atoms.